The lowest BCUT2D eigenvalue weighted by molar-refractivity contribution is 0.521. The molecule has 0 radical (unpaired) electrons. The molecular weight excluding hydrogens is 300 g/mol. The number of imidazole rings is 1. The molecule has 0 aliphatic heterocycles. The molecule has 0 unspecified atom stereocenters. The average Bonchev–Trinajstić information content (AvgIpc) is 3.25. The van der Waals surface area contributed by atoms with Gasteiger partial charge in [-0.2, -0.15) is 0 Å². The van der Waals surface area contributed by atoms with E-state index in [9.17, 15) is 8.42 Å². The predicted octanol–water partition coefficient (Wildman–Crippen LogP) is 1.20. The second kappa shape index (κ2) is 5.98. The molecular formula is C15H22N4O2S. The number of aromatic nitrogens is 2. The second-order valence-electron chi connectivity index (χ2n) is 6.00. The van der Waals surface area contributed by atoms with Crippen molar-refractivity contribution in [3.8, 4) is 0 Å². The van der Waals surface area contributed by atoms with Crippen LogP contribution in [0.1, 0.15) is 31.2 Å². The van der Waals surface area contributed by atoms with Crippen molar-refractivity contribution in [2.24, 2.45) is 0 Å². The topological polar surface area (TPSA) is 75.5 Å². The minimum Gasteiger partial charge on any atom is -0.307 e. The van der Waals surface area contributed by atoms with Crippen molar-refractivity contribution in [1.29, 1.82) is 0 Å². The van der Waals surface area contributed by atoms with Crippen molar-refractivity contribution in [3.05, 3.63) is 35.8 Å². The Morgan fingerprint density at radius 3 is 2.86 bits per heavy atom. The Morgan fingerprint density at radius 2 is 2.18 bits per heavy atom. The van der Waals surface area contributed by atoms with E-state index in [4.69, 9.17) is 0 Å². The van der Waals surface area contributed by atoms with Crippen LogP contribution >= 0.6 is 0 Å². The molecule has 2 N–H and O–H groups in total. The molecule has 0 bridgehead atoms. The molecule has 2 heterocycles. The van der Waals surface area contributed by atoms with Crippen LogP contribution in [0.25, 0.3) is 5.65 Å². The van der Waals surface area contributed by atoms with E-state index < -0.39 is 10.0 Å². The van der Waals surface area contributed by atoms with Crippen LogP contribution < -0.4 is 10.0 Å². The summed E-state index contributed by atoms with van der Waals surface area (Å²) in [6.07, 6.45) is 3.59. The summed E-state index contributed by atoms with van der Waals surface area (Å²) >= 11 is 0. The standard InChI is InChI=1S/C15H22N4O2S/c1-11(8-17-22(20,21)14-6-7-14)16-9-13-10-19-12(2)4-3-5-15(19)18-13/h3-5,10-11,14,16-17H,6-9H2,1-2H3/t11-/m0/s1. The maximum atomic E-state index is 11.8. The molecule has 6 nitrogen and oxygen atoms in total. The first-order valence-electron chi connectivity index (χ1n) is 7.61. The lowest BCUT2D eigenvalue weighted by Gasteiger charge is -2.13. The molecule has 0 spiro atoms. The Balaban J connectivity index is 1.53. The Labute approximate surface area is 131 Å². The van der Waals surface area contributed by atoms with Gasteiger partial charge < -0.3 is 9.72 Å². The van der Waals surface area contributed by atoms with Gasteiger partial charge in [-0.05, 0) is 38.8 Å². The number of pyridine rings is 1. The summed E-state index contributed by atoms with van der Waals surface area (Å²) in [7, 11) is -3.10. The van der Waals surface area contributed by atoms with Gasteiger partial charge in [-0.25, -0.2) is 18.1 Å². The molecule has 2 aromatic heterocycles. The number of hydrogen-bond acceptors (Lipinski definition) is 4. The summed E-state index contributed by atoms with van der Waals surface area (Å²) in [5.41, 5.74) is 3.02. The number of rotatable bonds is 7. The van der Waals surface area contributed by atoms with Crippen LogP contribution in [-0.4, -0.2) is 35.6 Å². The minimum absolute atomic E-state index is 0.0550. The van der Waals surface area contributed by atoms with Gasteiger partial charge in [0.2, 0.25) is 10.0 Å². The van der Waals surface area contributed by atoms with Crippen LogP contribution in [0.2, 0.25) is 0 Å². The van der Waals surface area contributed by atoms with Gasteiger partial charge in [0.1, 0.15) is 5.65 Å². The maximum absolute atomic E-state index is 11.8. The van der Waals surface area contributed by atoms with Crippen molar-refractivity contribution in [1.82, 2.24) is 19.4 Å². The smallest absolute Gasteiger partial charge is 0.214 e. The fraction of sp³-hybridized carbons (Fsp3) is 0.533. The lowest BCUT2D eigenvalue weighted by atomic mass is 10.3. The van der Waals surface area contributed by atoms with Crippen molar-refractivity contribution < 1.29 is 8.42 Å². The zero-order chi connectivity index (χ0) is 15.7. The van der Waals surface area contributed by atoms with Crippen molar-refractivity contribution in [2.45, 2.75) is 44.5 Å². The Morgan fingerprint density at radius 1 is 1.41 bits per heavy atom. The second-order valence-corrected chi connectivity index (χ2v) is 8.05. The summed E-state index contributed by atoms with van der Waals surface area (Å²) in [5.74, 6) is 0. The van der Waals surface area contributed by atoms with Gasteiger partial charge in [0.15, 0.2) is 0 Å². The van der Waals surface area contributed by atoms with E-state index in [-0.39, 0.29) is 11.3 Å². The summed E-state index contributed by atoms with van der Waals surface area (Å²) in [4.78, 5) is 4.55. The van der Waals surface area contributed by atoms with Gasteiger partial charge in [-0.3, -0.25) is 0 Å². The maximum Gasteiger partial charge on any atom is 0.214 e. The van der Waals surface area contributed by atoms with Gasteiger partial charge >= 0.3 is 0 Å². The predicted molar refractivity (Wildman–Crippen MR) is 86.2 cm³/mol. The summed E-state index contributed by atoms with van der Waals surface area (Å²) < 4.78 is 28.3. The number of aryl methyl sites for hydroxylation is 1. The first-order chi connectivity index (χ1) is 10.5. The van der Waals surface area contributed by atoms with E-state index in [1.165, 1.54) is 0 Å². The highest BCUT2D eigenvalue weighted by Gasteiger charge is 2.35. The molecule has 0 saturated heterocycles. The SMILES string of the molecule is Cc1cccc2nc(CN[C@@H](C)CNS(=O)(=O)C3CC3)cn12. The lowest BCUT2D eigenvalue weighted by Crippen LogP contribution is -2.39. The monoisotopic (exact) mass is 322 g/mol. The van der Waals surface area contributed by atoms with E-state index in [0.717, 1.165) is 29.9 Å². The minimum atomic E-state index is -3.10. The third-order valence-corrected chi connectivity index (χ3v) is 5.85. The Hall–Kier alpha value is -1.44. The van der Waals surface area contributed by atoms with Gasteiger partial charge in [-0.15, -0.1) is 0 Å². The zero-order valence-electron chi connectivity index (χ0n) is 12.9. The van der Waals surface area contributed by atoms with Crippen molar-refractivity contribution >= 4 is 15.7 Å². The van der Waals surface area contributed by atoms with E-state index in [0.29, 0.717) is 13.1 Å². The molecule has 2 aromatic rings. The zero-order valence-corrected chi connectivity index (χ0v) is 13.7. The molecule has 22 heavy (non-hydrogen) atoms. The first kappa shape index (κ1) is 15.5. The molecule has 1 fully saturated rings. The van der Waals surface area contributed by atoms with E-state index in [1.807, 2.05) is 38.2 Å². The number of nitrogens with zero attached hydrogens (tertiary/aromatic N) is 2. The van der Waals surface area contributed by atoms with Crippen LogP contribution in [-0.2, 0) is 16.6 Å². The number of nitrogens with one attached hydrogen (secondary N) is 2. The molecule has 1 aliphatic rings. The molecule has 120 valence electrons. The van der Waals surface area contributed by atoms with Crippen LogP contribution in [0.3, 0.4) is 0 Å². The van der Waals surface area contributed by atoms with Gasteiger partial charge in [0.25, 0.3) is 0 Å². The number of sulfonamides is 1. The van der Waals surface area contributed by atoms with Crippen LogP contribution in [0.15, 0.2) is 24.4 Å². The van der Waals surface area contributed by atoms with Crippen LogP contribution in [0.5, 0.6) is 0 Å². The van der Waals surface area contributed by atoms with Crippen molar-refractivity contribution in [2.75, 3.05) is 6.54 Å². The molecule has 7 heteroatoms. The molecule has 1 saturated carbocycles. The average molecular weight is 322 g/mol. The molecule has 3 rings (SSSR count). The summed E-state index contributed by atoms with van der Waals surface area (Å²) in [6, 6.07) is 6.06. The summed E-state index contributed by atoms with van der Waals surface area (Å²) in [6.45, 7) is 5.04. The molecule has 0 amide bonds. The fourth-order valence-corrected chi connectivity index (χ4v) is 3.85. The molecule has 1 aliphatic carbocycles. The highest BCUT2D eigenvalue weighted by Crippen LogP contribution is 2.27. The van der Waals surface area contributed by atoms with Crippen LogP contribution in [0.4, 0.5) is 0 Å². The first-order valence-corrected chi connectivity index (χ1v) is 9.16. The van der Waals surface area contributed by atoms with E-state index in [2.05, 4.69) is 19.4 Å². The quantitative estimate of drug-likeness (QED) is 0.803. The van der Waals surface area contributed by atoms with Gasteiger partial charge in [0.05, 0.1) is 10.9 Å². The van der Waals surface area contributed by atoms with Gasteiger partial charge in [0, 0.05) is 31.0 Å². The Kier molecular flexibility index (Phi) is 4.20. The van der Waals surface area contributed by atoms with Gasteiger partial charge in [-0.1, -0.05) is 6.07 Å². The van der Waals surface area contributed by atoms with E-state index >= 15 is 0 Å². The third kappa shape index (κ3) is 3.48. The highest BCUT2D eigenvalue weighted by molar-refractivity contribution is 7.90. The molecule has 0 aromatic carbocycles. The third-order valence-electron chi connectivity index (χ3n) is 3.93. The largest absolute Gasteiger partial charge is 0.307 e. The summed E-state index contributed by atoms with van der Waals surface area (Å²) in [5, 5.41) is 3.14. The van der Waals surface area contributed by atoms with Crippen LogP contribution in [0, 0.1) is 6.92 Å². The number of fused-ring (bicyclic) bond motifs is 1. The Bertz CT molecular complexity index is 765. The van der Waals surface area contributed by atoms with E-state index in [1.54, 1.807) is 0 Å². The number of hydrogen-bond donors (Lipinski definition) is 2. The molecule has 1 atom stereocenters. The fourth-order valence-electron chi connectivity index (χ4n) is 2.37. The van der Waals surface area contributed by atoms with Crippen molar-refractivity contribution in [3.63, 3.8) is 0 Å². The highest BCUT2D eigenvalue weighted by atomic mass is 32.2. The normalized spacial score (nSPS) is 17.0.